The molecule has 0 aliphatic carbocycles. The third-order valence-corrected chi connectivity index (χ3v) is 3.63. The second-order valence-electron chi connectivity index (χ2n) is 5.49. The summed E-state index contributed by atoms with van der Waals surface area (Å²) < 4.78 is 13.7. The van der Waals surface area contributed by atoms with Crippen LogP contribution >= 0.6 is 0 Å². The summed E-state index contributed by atoms with van der Waals surface area (Å²) in [5.74, 6) is -2.33. The molecular formula is C18H19FN2O3. The highest BCUT2D eigenvalue weighted by atomic mass is 19.1. The fraction of sp³-hybridized carbons (Fsp3) is 0.222. The number of carbonyl (C=O) groups is 2. The van der Waals surface area contributed by atoms with E-state index < -0.39 is 29.8 Å². The minimum atomic E-state index is -1.24. The predicted molar refractivity (Wildman–Crippen MR) is 87.8 cm³/mol. The zero-order valence-corrected chi connectivity index (χ0v) is 13.0. The quantitative estimate of drug-likeness (QED) is 0.717. The molecule has 0 saturated heterocycles. The van der Waals surface area contributed by atoms with Crippen LogP contribution in [0.15, 0.2) is 54.6 Å². The summed E-state index contributed by atoms with van der Waals surface area (Å²) in [6, 6.07) is 12.9. The summed E-state index contributed by atoms with van der Waals surface area (Å²) in [5, 5.41) is 11.6. The summed E-state index contributed by atoms with van der Waals surface area (Å²) >= 11 is 0. The van der Waals surface area contributed by atoms with Crippen molar-refractivity contribution in [2.75, 3.05) is 0 Å². The molecule has 2 aromatic carbocycles. The summed E-state index contributed by atoms with van der Waals surface area (Å²) in [4.78, 5) is 23.5. The molecule has 0 bridgehead atoms. The number of aliphatic carboxylic acids is 1. The molecule has 0 aliphatic heterocycles. The minimum absolute atomic E-state index is 0.147. The van der Waals surface area contributed by atoms with E-state index in [1.165, 1.54) is 18.2 Å². The van der Waals surface area contributed by atoms with Crippen LogP contribution in [0.4, 0.5) is 4.39 Å². The van der Waals surface area contributed by atoms with Gasteiger partial charge in [0.1, 0.15) is 11.9 Å². The average Bonchev–Trinajstić information content (AvgIpc) is 2.56. The summed E-state index contributed by atoms with van der Waals surface area (Å²) in [7, 11) is 0. The lowest BCUT2D eigenvalue weighted by atomic mass is 10.0. The highest BCUT2D eigenvalue weighted by Crippen LogP contribution is 2.10. The SMILES string of the molecule is N[C@H](Cc1ccccc1)C(=O)NC(Cc1ccccc1F)C(=O)O. The molecule has 6 heteroatoms. The van der Waals surface area contributed by atoms with Crippen LogP contribution in [0.1, 0.15) is 11.1 Å². The molecule has 0 saturated carbocycles. The predicted octanol–water partition coefficient (Wildman–Crippen LogP) is 1.51. The average molecular weight is 330 g/mol. The third-order valence-electron chi connectivity index (χ3n) is 3.63. The van der Waals surface area contributed by atoms with Crippen LogP contribution in [0.2, 0.25) is 0 Å². The van der Waals surface area contributed by atoms with Gasteiger partial charge in [0.25, 0.3) is 0 Å². The van der Waals surface area contributed by atoms with E-state index in [1.807, 2.05) is 30.3 Å². The van der Waals surface area contributed by atoms with Crippen molar-refractivity contribution in [2.45, 2.75) is 24.9 Å². The highest BCUT2D eigenvalue weighted by molar-refractivity contribution is 5.87. The summed E-state index contributed by atoms with van der Waals surface area (Å²) in [6.07, 6.45) is 0.143. The van der Waals surface area contributed by atoms with Crippen molar-refractivity contribution in [2.24, 2.45) is 5.73 Å². The van der Waals surface area contributed by atoms with E-state index in [4.69, 9.17) is 5.73 Å². The Morgan fingerprint density at radius 1 is 1.04 bits per heavy atom. The molecule has 126 valence electrons. The van der Waals surface area contributed by atoms with E-state index in [2.05, 4.69) is 5.32 Å². The normalized spacial score (nSPS) is 13.1. The van der Waals surface area contributed by atoms with Crippen LogP contribution in [0.3, 0.4) is 0 Å². The standard InChI is InChI=1S/C18H19FN2O3/c19-14-9-5-4-8-13(14)11-16(18(23)24)21-17(22)15(20)10-12-6-2-1-3-7-12/h1-9,15-16H,10-11,20H2,(H,21,22)(H,23,24)/t15-,16?/m1/s1. The maximum Gasteiger partial charge on any atom is 0.326 e. The molecule has 0 radical (unpaired) electrons. The maximum atomic E-state index is 13.7. The van der Waals surface area contributed by atoms with Gasteiger partial charge in [0.15, 0.2) is 0 Å². The molecule has 2 rings (SSSR count). The first kappa shape index (κ1) is 17.6. The topological polar surface area (TPSA) is 92.4 Å². The van der Waals surface area contributed by atoms with Crippen molar-refractivity contribution >= 4 is 11.9 Å². The summed E-state index contributed by atoms with van der Waals surface area (Å²) in [6.45, 7) is 0. The molecule has 1 amide bonds. The molecule has 0 heterocycles. The van der Waals surface area contributed by atoms with Gasteiger partial charge in [-0.3, -0.25) is 4.79 Å². The Morgan fingerprint density at radius 2 is 1.67 bits per heavy atom. The van der Waals surface area contributed by atoms with Gasteiger partial charge in [-0.15, -0.1) is 0 Å². The zero-order chi connectivity index (χ0) is 17.5. The van der Waals surface area contributed by atoms with Crippen LogP contribution in [0.25, 0.3) is 0 Å². The van der Waals surface area contributed by atoms with Crippen molar-refractivity contribution in [1.29, 1.82) is 0 Å². The van der Waals surface area contributed by atoms with Gasteiger partial charge in [0, 0.05) is 6.42 Å². The van der Waals surface area contributed by atoms with Gasteiger partial charge in [-0.1, -0.05) is 48.5 Å². The lowest BCUT2D eigenvalue weighted by Crippen LogP contribution is -2.50. The van der Waals surface area contributed by atoms with Crippen molar-refractivity contribution in [3.8, 4) is 0 Å². The van der Waals surface area contributed by atoms with E-state index >= 15 is 0 Å². The van der Waals surface area contributed by atoms with Gasteiger partial charge in [0.05, 0.1) is 6.04 Å². The maximum absolute atomic E-state index is 13.7. The highest BCUT2D eigenvalue weighted by Gasteiger charge is 2.24. The first-order chi connectivity index (χ1) is 11.5. The van der Waals surface area contributed by atoms with Gasteiger partial charge >= 0.3 is 5.97 Å². The molecule has 4 N–H and O–H groups in total. The smallest absolute Gasteiger partial charge is 0.326 e. The first-order valence-corrected chi connectivity index (χ1v) is 7.53. The van der Waals surface area contributed by atoms with E-state index in [9.17, 15) is 19.1 Å². The van der Waals surface area contributed by atoms with Gasteiger partial charge in [0.2, 0.25) is 5.91 Å². The van der Waals surface area contributed by atoms with Crippen LogP contribution < -0.4 is 11.1 Å². The van der Waals surface area contributed by atoms with Gasteiger partial charge in [-0.2, -0.15) is 0 Å². The number of carbonyl (C=O) groups excluding carboxylic acids is 1. The largest absolute Gasteiger partial charge is 0.480 e. The Hall–Kier alpha value is -2.73. The number of carboxylic acid groups (broad SMARTS) is 1. The van der Waals surface area contributed by atoms with Crippen molar-refractivity contribution in [3.05, 3.63) is 71.5 Å². The Kier molecular flexibility index (Phi) is 6.03. The Bertz CT molecular complexity index is 706. The lowest BCUT2D eigenvalue weighted by Gasteiger charge is -2.18. The number of carboxylic acids is 1. The van der Waals surface area contributed by atoms with Crippen LogP contribution in [-0.2, 0) is 22.4 Å². The molecule has 0 aromatic heterocycles. The number of benzene rings is 2. The number of amides is 1. The van der Waals surface area contributed by atoms with E-state index in [0.717, 1.165) is 5.56 Å². The van der Waals surface area contributed by atoms with Crippen LogP contribution in [0, 0.1) is 5.82 Å². The number of hydrogen-bond acceptors (Lipinski definition) is 3. The Labute approximate surface area is 139 Å². The second kappa shape index (κ2) is 8.21. The van der Waals surface area contributed by atoms with Crippen molar-refractivity contribution in [1.82, 2.24) is 5.32 Å². The van der Waals surface area contributed by atoms with Crippen LogP contribution in [-0.4, -0.2) is 29.1 Å². The molecule has 1 unspecified atom stereocenters. The molecule has 0 fully saturated rings. The van der Waals surface area contributed by atoms with E-state index in [-0.39, 0.29) is 12.0 Å². The van der Waals surface area contributed by atoms with Crippen molar-refractivity contribution < 1.29 is 19.1 Å². The number of rotatable bonds is 7. The fourth-order valence-electron chi connectivity index (χ4n) is 2.32. The van der Waals surface area contributed by atoms with Gasteiger partial charge in [-0.05, 0) is 23.6 Å². The Morgan fingerprint density at radius 3 is 2.29 bits per heavy atom. The lowest BCUT2D eigenvalue weighted by molar-refractivity contribution is -0.142. The monoisotopic (exact) mass is 330 g/mol. The molecule has 24 heavy (non-hydrogen) atoms. The van der Waals surface area contributed by atoms with E-state index in [1.54, 1.807) is 6.07 Å². The van der Waals surface area contributed by atoms with E-state index in [0.29, 0.717) is 6.42 Å². The number of nitrogens with one attached hydrogen (secondary N) is 1. The molecule has 2 aromatic rings. The van der Waals surface area contributed by atoms with Crippen LogP contribution in [0.5, 0.6) is 0 Å². The van der Waals surface area contributed by atoms with Crippen molar-refractivity contribution in [3.63, 3.8) is 0 Å². The Balaban J connectivity index is 2.00. The minimum Gasteiger partial charge on any atom is -0.480 e. The first-order valence-electron chi connectivity index (χ1n) is 7.53. The molecule has 2 atom stereocenters. The molecular weight excluding hydrogens is 311 g/mol. The summed E-state index contributed by atoms with van der Waals surface area (Å²) in [5.41, 5.74) is 6.94. The second-order valence-corrected chi connectivity index (χ2v) is 5.49. The zero-order valence-electron chi connectivity index (χ0n) is 13.0. The van der Waals surface area contributed by atoms with Gasteiger partial charge < -0.3 is 16.2 Å². The van der Waals surface area contributed by atoms with Gasteiger partial charge in [-0.25, -0.2) is 9.18 Å². The number of nitrogens with two attached hydrogens (primary N) is 1. The fourth-order valence-corrected chi connectivity index (χ4v) is 2.32. The molecule has 5 nitrogen and oxygen atoms in total. The number of hydrogen-bond donors (Lipinski definition) is 3. The number of halogens is 1. The molecule has 0 aliphatic rings. The molecule has 0 spiro atoms. The third kappa shape index (κ3) is 4.89.